The lowest BCUT2D eigenvalue weighted by atomic mass is 10.1. The SMILES string of the molecule is CC(C)(C)OC(=O)NC(CCCCN)C(=O)OC1CCCC1. The Balaban J connectivity index is 2.53. The van der Waals surface area contributed by atoms with Crippen LogP contribution < -0.4 is 11.1 Å². The van der Waals surface area contributed by atoms with E-state index >= 15 is 0 Å². The highest BCUT2D eigenvalue weighted by Gasteiger charge is 2.28. The summed E-state index contributed by atoms with van der Waals surface area (Å²) in [5.41, 5.74) is 4.88. The van der Waals surface area contributed by atoms with Gasteiger partial charge in [0.15, 0.2) is 0 Å². The summed E-state index contributed by atoms with van der Waals surface area (Å²) in [6.07, 6.45) is 5.49. The normalized spacial score (nSPS) is 17.1. The van der Waals surface area contributed by atoms with Gasteiger partial charge in [-0.2, -0.15) is 0 Å². The molecule has 22 heavy (non-hydrogen) atoms. The fourth-order valence-corrected chi connectivity index (χ4v) is 2.44. The molecule has 1 aliphatic carbocycles. The quantitative estimate of drug-likeness (QED) is 0.556. The van der Waals surface area contributed by atoms with E-state index in [0.29, 0.717) is 13.0 Å². The molecule has 1 rings (SSSR count). The average Bonchev–Trinajstić information content (AvgIpc) is 2.88. The lowest BCUT2D eigenvalue weighted by Gasteiger charge is -2.24. The Hall–Kier alpha value is -1.30. The Labute approximate surface area is 133 Å². The van der Waals surface area contributed by atoms with E-state index in [1.54, 1.807) is 20.8 Å². The fourth-order valence-electron chi connectivity index (χ4n) is 2.44. The number of esters is 1. The molecule has 0 radical (unpaired) electrons. The molecule has 6 heteroatoms. The third-order valence-corrected chi connectivity index (χ3v) is 3.51. The molecule has 1 aliphatic rings. The molecular formula is C16H30N2O4. The van der Waals surface area contributed by atoms with E-state index in [1.807, 2.05) is 0 Å². The number of nitrogens with two attached hydrogens (primary N) is 1. The van der Waals surface area contributed by atoms with Crippen LogP contribution in [0.4, 0.5) is 4.79 Å². The molecule has 0 aromatic heterocycles. The van der Waals surface area contributed by atoms with Crippen molar-refractivity contribution >= 4 is 12.1 Å². The minimum atomic E-state index is -0.665. The summed E-state index contributed by atoms with van der Waals surface area (Å²) in [7, 11) is 0. The first-order chi connectivity index (χ1) is 10.3. The van der Waals surface area contributed by atoms with Crippen LogP contribution >= 0.6 is 0 Å². The van der Waals surface area contributed by atoms with Crippen LogP contribution in [-0.4, -0.2) is 36.4 Å². The summed E-state index contributed by atoms with van der Waals surface area (Å²) in [6, 6.07) is -0.665. The van der Waals surface area contributed by atoms with Crippen molar-refractivity contribution in [2.45, 2.75) is 83.5 Å². The van der Waals surface area contributed by atoms with Crippen molar-refractivity contribution in [2.24, 2.45) is 5.73 Å². The Bertz CT molecular complexity index is 360. The largest absolute Gasteiger partial charge is 0.461 e. The van der Waals surface area contributed by atoms with Crippen LogP contribution in [0.25, 0.3) is 0 Å². The van der Waals surface area contributed by atoms with Gasteiger partial charge < -0.3 is 20.5 Å². The molecule has 0 aromatic carbocycles. The molecule has 6 nitrogen and oxygen atoms in total. The summed E-state index contributed by atoms with van der Waals surface area (Å²) in [5, 5.41) is 2.63. The number of unbranched alkanes of at least 4 members (excludes halogenated alkanes) is 1. The summed E-state index contributed by atoms with van der Waals surface area (Å²) in [6.45, 7) is 5.92. The number of carbonyl (C=O) groups is 2. The minimum absolute atomic E-state index is 0.00931. The van der Waals surface area contributed by atoms with Gasteiger partial charge in [-0.1, -0.05) is 0 Å². The van der Waals surface area contributed by atoms with E-state index < -0.39 is 17.7 Å². The number of hydrogen-bond acceptors (Lipinski definition) is 5. The second-order valence-corrected chi connectivity index (χ2v) is 6.83. The van der Waals surface area contributed by atoms with Crippen molar-refractivity contribution < 1.29 is 19.1 Å². The standard InChI is InChI=1S/C16H30N2O4/c1-16(2,3)22-15(20)18-13(10-6-7-11-17)14(19)21-12-8-4-5-9-12/h12-13H,4-11,17H2,1-3H3,(H,18,20). The van der Waals surface area contributed by atoms with Gasteiger partial charge in [-0.25, -0.2) is 9.59 Å². The average molecular weight is 314 g/mol. The number of rotatable bonds is 7. The number of hydrogen-bond donors (Lipinski definition) is 2. The second kappa shape index (κ2) is 8.98. The van der Waals surface area contributed by atoms with Crippen molar-refractivity contribution in [3.05, 3.63) is 0 Å². The molecule has 1 saturated carbocycles. The summed E-state index contributed by atoms with van der Waals surface area (Å²) >= 11 is 0. The Kier molecular flexibility index (Phi) is 7.65. The maximum absolute atomic E-state index is 12.3. The van der Waals surface area contributed by atoms with E-state index in [0.717, 1.165) is 38.5 Å². The van der Waals surface area contributed by atoms with Crippen LogP contribution in [0.2, 0.25) is 0 Å². The smallest absolute Gasteiger partial charge is 0.408 e. The molecule has 1 atom stereocenters. The van der Waals surface area contributed by atoms with E-state index in [2.05, 4.69) is 5.32 Å². The predicted molar refractivity (Wildman–Crippen MR) is 84.4 cm³/mol. The zero-order valence-corrected chi connectivity index (χ0v) is 14.0. The van der Waals surface area contributed by atoms with E-state index in [1.165, 1.54) is 0 Å². The highest BCUT2D eigenvalue weighted by atomic mass is 16.6. The van der Waals surface area contributed by atoms with Crippen LogP contribution in [0.1, 0.15) is 65.7 Å². The van der Waals surface area contributed by atoms with Crippen LogP contribution in [0.5, 0.6) is 0 Å². The van der Waals surface area contributed by atoms with Gasteiger partial charge in [0, 0.05) is 0 Å². The molecule has 3 N–H and O–H groups in total. The second-order valence-electron chi connectivity index (χ2n) is 6.83. The minimum Gasteiger partial charge on any atom is -0.461 e. The molecule has 1 fully saturated rings. The summed E-state index contributed by atoms with van der Waals surface area (Å²) in [4.78, 5) is 24.1. The first-order valence-corrected chi connectivity index (χ1v) is 8.22. The van der Waals surface area contributed by atoms with E-state index in [4.69, 9.17) is 15.2 Å². The van der Waals surface area contributed by atoms with Gasteiger partial charge in [0.25, 0.3) is 0 Å². The van der Waals surface area contributed by atoms with E-state index in [-0.39, 0.29) is 12.1 Å². The molecule has 0 saturated heterocycles. The Morgan fingerprint density at radius 3 is 2.41 bits per heavy atom. The highest BCUT2D eigenvalue weighted by Crippen LogP contribution is 2.22. The number of amides is 1. The molecule has 1 amide bonds. The van der Waals surface area contributed by atoms with Gasteiger partial charge in [-0.05, 0) is 72.3 Å². The van der Waals surface area contributed by atoms with Crippen molar-refractivity contribution in [3.63, 3.8) is 0 Å². The highest BCUT2D eigenvalue weighted by molar-refractivity contribution is 5.81. The van der Waals surface area contributed by atoms with Crippen molar-refractivity contribution in [3.8, 4) is 0 Å². The maximum Gasteiger partial charge on any atom is 0.408 e. The van der Waals surface area contributed by atoms with Gasteiger partial charge in [-0.3, -0.25) is 0 Å². The number of carbonyl (C=O) groups excluding carboxylic acids is 2. The zero-order chi connectivity index (χ0) is 16.6. The molecule has 0 heterocycles. The summed E-state index contributed by atoms with van der Waals surface area (Å²) in [5.74, 6) is -0.366. The third-order valence-electron chi connectivity index (χ3n) is 3.51. The van der Waals surface area contributed by atoms with Gasteiger partial charge >= 0.3 is 12.1 Å². The molecule has 1 unspecified atom stereocenters. The molecule has 0 aliphatic heterocycles. The van der Waals surface area contributed by atoms with Crippen LogP contribution in [0.15, 0.2) is 0 Å². The monoisotopic (exact) mass is 314 g/mol. The van der Waals surface area contributed by atoms with Gasteiger partial charge in [-0.15, -0.1) is 0 Å². The first-order valence-electron chi connectivity index (χ1n) is 8.22. The molecule has 128 valence electrons. The third kappa shape index (κ3) is 7.64. The number of ether oxygens (including phenoxy) is 2. The van der Waals surface area contributed by atoms with Gasteiger partial charge in [0.05, 0.1) is 0 Å². The Morgan fingerprint density at radius 2 is 1.86 bits per heavy atom. The topological polar surface area (TPSA) is 90.6 Å². The number of alkyl carbamates (subject to hydrolysis) is 1. The summed E-state index contributed by atoms with van der Waals surface area (Å²) < 4.78 is 10.7. The molecule has 0 bridgehead atoms. The Morgan fingerprint density at radius 1 is 1.23 bits per heavy atom. The van der Waals surface area contributed by atoms with Crippen LogP contribution in [0.3, 0.4) is 0 Å². The zero-order valence-electron chi connectivity index (χ0n) is 14.0. The van der Waals surface area contributed by atoms with Crippen molar-refractivity contribution in [1.82, 2.24) is 5.32 Å². The first kappa shape index (κ1) is 18.7. The predicted octanol–water partition coefficient (Wildman–Crippen LogP) is 2.49. The van der Waals surface area contributed by atoms with Crippen molar-refractivity contribution in [2.75, 3.05) is 6.54 Å². The van der Waals surface area contributed by atoms with Gasteiger partial charge in [0.2, 0.25) is 0 Å². The fraction of sp³-hybridized carbons (Fsp3) is 0.875. The van der Waals surface area contributed by atoms with E-state index in [9.17, 15) is 9.59 Å². The lowest BCUT2D eigenvalue weighted by molar-refractivity contribution is -0.151. The molecular weight excluding hydrogens is 284 g/mol. The molecule has 0 aromatic rings. The lowest BCUT2D eigenvalue weighted by Crippen LogP contribution is -2.45. The number of nitrogens with one attached hydrogen (secondary N) is 1. The van der Waals surface area contributed by atoms with Crippen LogP contribution in [0, 0.1) is 0 Å². The molecule has 0 spiro atoms. The van der Waals surface area contributed by atoms with Gasteiger partial charge in [0.1, 0.15) is 17.7 Å². The maximum atomic E-state index is 12.3. The van der Waals surface area contributed by atoms with Crippen molar-refractivity contribution in [1.29, 1.82) is 0 Å². The van der Waals surface area contributed by atoms with Crippen LogP contribution in [-0.2, 0) is 14.3 Å².